The number of aryl methyl sites for hydroxylation is 2. The van der Waals surface area contributed by atoms with Gasteiger partial charge in [0.2, 0.25) is 5.95 Å². The molecule has 2 atom stereocenters. The number of morpholine rings is 1. The van der Waals surface area contributed by atoms with E-state index in [1.807, 2.05) is 0 Å². The molecule has 20 heavy (non-hydrogen) atoms. The number of halogens is 1. The number of ether oxygens (including phenoxy) is 1. The standard InChI is InChI=1S/C14H18ClN3OS/c1-7-5-18(6-8(2)19-7)14-16-12(15)11-9(3)10(4)20-13(11)17-14/h7-8H,5-6H2,1-4H3. The molecule has 0 aliphatic carbocycles. The second-order valence-corrected chi connectivity index (χ2v) is 7.00. The fourth-order valence-corrected chi connectivity index (χ4v) is 4.06. The SMILES string of the molecule is Cc1sc2nc(N3CC(C)OC(C)C3)nc(Cl)c2c1C. The molecule has 0 bridgehead atoms. The van der Waals surface area contributed by atoms with E-state index in [9.17, 15) is 0 Å². The van der Waals surface area contributed by atoms with Gasteiger partial charge in [0.15, 0.2) is 0 Å². The van der Waals surface area contributed by atoms with Crippen LogP contribution in [0.25, 0.3) is 10.2 Å². The number of anilines is 1. The summed E-state index contributed by atoms with van der Waals surface area (Å²) >= 11 is 8.05. The molecule has 6 heteroatoms. The predicted molar refractivity (Wildman–Crippen MR) is 84.1 cm³/mol. The molecule has 2 unspecified atom stereocenters. The second-order valence-electron chi connectivity index (χ2n) is 5.44. The third-order valence-corrected chi connectivity index (χ3v) is 5.05. The summed E-state index contributed by atoms with van der Waals surface area (Å²) in [5.41, 5.74) is 1.19. The maximum atomic E-state index is 6.37. The van der Waals surface area contributed by atoms with Crippen LogP contribution in [0.1, 0.15) is 24.3 Å². The van der Waals surface area contributed by atoms with Gasteiger partial charge in [-0.3, -0.25) is 0 Å². The van der Waals surface area contributed by atoms with Gasteiger partial charge < -0.3 is 9.64 Å². The third kappa shape index (κ3) is 2.38. The molecule has 0 aromatic carbocycles. The van der Waals surface area contributed by atoms with E-state index < -0.39 is 0 Å². The predicted octanol–water partition coefficient (Wildman–Crippen LogP) is 3.58. The highest BCUT2D eigenvalue weighted by molar-refractivity contribution is 7.18. The van der Waals surface area contributed by atoms with E-state index >= 15 is 0 Å². The molecule has 3 rings (SSSR count). The molecule has 2 aromatic rings. The molecule has 4 nitrogen and oxygen atoms in total. The summed E-state index contributed by atoms with van der Waals surface area (Å²) in [5.74, 6) is 0.714. The van der Waals surface area contributed by atoms with Crippen LogP contribution in [0.4, 0.5) is 5.95 Å². The minimum absolute atomic E-state index is 0.184. The van der Waals surface area contributed by atoms with Crippen LogP contribution >= 0.6 is 22.9 Å². The van der Waals surface area contributed by atoms with E-state index in [2.05, 4.69) is 37.6 Å². The van der Waals surface area contributed by atoms with Crippen LogP contribution in [-0.2, 0) is 4.74 Å². The smallest absolute Gasteiger partial charge is 0.228 e. The summed E-state index contributed by atoms with van der Waals surface area (Å²) in [5, 5.41) is 1.55. The van der Waals surface area contributed by atoms with E-state index in [4.69, 9.17) is 21.3 Å². The van der Waals surface area contributed by atoms with Gasteiger partial charge in [-0.2, -0.15) is 0 Å². The first-order valence-corrected chi connectivity index (χ1v) is 7.98. The largest absolute Gasteiger partial charge is 0.372 e. The molecule has 1 aliphatic heterocycles. The van der Waals surface area contributed by atoms with Crippen molar-refractivity contribution in [1.82, 2.24) is 9.97 Å². The zero-order valence-corrected chi connectivity index (χ0v) is 13.7. The zero-order chi connectivity index (χ0) is 14.4. The van der Waals surface area contributed by atoms with E-state index in [0.29, 0.717) is 11.1 Å². The van der Waals surface area contributed by atoms with Gasteiger partial charge in [-0.15, -0.1) is 11.3 Å². The maximum Gasteiger partial charge on any atom is 0.228 e. The molecule has 1 aliphatic rings. The van der Waals surface area contributed by atoms with Crippen molar-refractivity contribution in [3.05, 3.63) is 15.6 Å². The van der Waals surface area contributed by atoms with Crippen molar-refractivity contribution in [2.75, 3.05) is 18.0 Å². The quantitative estimate of drug-likeness (QED) is 0.755. The molecule has 0 spiro atoms. The Morgan fingerprint density at radius 3 is 2.50 bits per heavy atom. The van der Waals surface area contributed by atoms with Crippen molar-refractivity contribution in [1.29, 1.82) is 0 Å². The van der Waals surface area contributed by atoms with Crippen LogP contribution in [0.3, 0.4) is 0 Å². The number of fused-ring (bicyclic) bond motifs is 1. The van der Waals surface area contributed by atoms with Crippen LogP contribution < -0.4 is 4.90 Å². The number of aromatic nitrogens is 2. The Morgan fingerprint density at radius 2 is 1.85 bits per heavy atom. The number of thiophene rings is 1. The fraction of sp³-hybridized carbons (Fsp3) is 0.571. The van der Waals surface area contributed by atoms with Crippen LogP contribution in [0.5, 0.6) is 0 Å². The Hall–Kier alpha value is -0.910. The number of nitrogens with zero attached hydrogens (tertiary/aromatic N) is 3. The van der Waals surface area contributed by atoms with Crippen molar-refractivity contribution in [3.63, 3.8) is 0 Å². The molecule has 2 aromatic heterocycles. The maximum absolute atomic E-state index is 6.37. The van der Waals surface area contributed by atoms with E-state index in [-0.39, 0.29) is 12.2 Å². The Morgan fingerprint density at radius 1 is 1.20 bits per heavy atom. The average Bonchev–Trinajstić information content (AvgIpc) is 2.64. The number of hydrogen-bond donors (Lipinski definition) is 0. The molecular weight excluding hydrogens is 294 g/mol. The van der Waals surface area contributed by atoms with Crippen molar-refractivity contribution in [2.24, 2.45) is 0 Å². The van der Waals surface area contributed by atoms with Crippen molar-refractivity contribution < 1.29 is 4.74 Å². The molecule has 108 valence electrons. The van der Waals surface area contributed by atoms with E-state index in [1.54, 1.807) is 11.3 Å². The lowest BCUT2D eigenvalue weighted by atomic mass is 10.2. The normalized spacial score (nSPS) is 23.6. The molecule has 1 fully saturated rings. The fourth-order valence-electron chi connectivity index (χ4n) is 2.67. The molecule has 3 heterocycles. The van der Waals surface area contributed by atoms with E-state index in [1.165, 1.54) is 10.4 Å². The van der Waals surface area contributed by atoms with Gasteiger partial charge in [0.25, 0.3) is 0 Å². The monoisotopic (exact) mass is 311 g/mol. The van der Waals surface area contributed by atoms with Crippen molar-refractivity contribution in [2.45, 2.75) is 39.9 Å². The Kier molecular flexibility index (Phi) is 3.60. The van der Waals surface area contributed by atoms with Gasteiger partial charge in [0.1, 0.15) is 9.98 Å². The lowest BCUT2D eigenvalue weighted by Gasteiger charge is -2.35. The van der Waals surface area contributed by atoms with Crippen molar-refractivity contribution in [3.8, 4) is 0 Å². The molecular formula is C14H18ClN3OS. The van der Waals surface area contributed by atoms with Crippen LogP contribution in [0.2, 0.25) is 5.15 Å². The Labute approximate surface area is 127 Å². The zero-order valence-electron chi connectivity index (χ0n) is 12.1. The summed E-state index contributed by atoms with van der Waals surface area (Å²) in [7, 11) is 0. The molecule has 0 amide bonds. The van der Waals surface area contributed by atoms with Gasteiger partial charge in [0.05, 0.1) is 17.6 Å². The van der Waals surface area contributed by atoms with Gasteiger partial charge in [-0.25, -0.2) is 9.97 Å². The van der Waals surface area contributed by atoms with Gasteiger partial charge in [-0.05, 0) is 33.3 Å². The first-order valence-electron chi connectivity index (χ1n) is 6.79. The summed E-state index contributed by atoms with van der Waals surface area (Å²) in [4.78, 5) is 13.6. The summed E-state index contributed by atoms with van der Waals surface area (Å²) < 4.78 is 5.75. The summed E-state index contributed by atoms with van der Waals surface area (Å²) in [6.07, 6.45) is 0.368. The van der Waals surface area contributed by atoms with Gasteiger partial charge in [-0.1, -0.05) is 11.6 Å². The summed E-state index contributed by atoms with van der Waals surface area (Å²) in [6.45, 7) is 9.91. The lowest BCUT2D eigenvalue weighted by molar-refractivity contribution is -0.00569. The van der Waals surface area contributed by atoms with Crippen molar-refractivity contribution >= 4 is 39.1 Å². The lowest BCUT2D eigenvalue weighted by Crippen LogP contribution is -2.46. The first-order chi connectivity index (χ1) is 9.45. The van der Waals surface area contributed by atoms with Gasteiger partial charge >= 0.3 is 0 Å². The van der Waals surface area contributed by atoms with Gasteiger partial charge in [0, 0.05) is 18.0 Å². The highest BCUT2D eigenvalue weighted by atomic mass is 35.5. The molecule has 0 N–H and O–H groups in total. The highest BCUT2D eigenvalue weighted by Crippen LogP contribution is 2.34. The Bertz CT molecular complexity index is 647. The number of hydrogen-bond acceptors (Lipinski definition) is 5. The topological polar surface area (TPSA) is 38.2 Å². The van der Waals surface area contributed by atoms with Crippen LogP contribution in [-0.4, -0.2) is 35.3 Å². The minimum atomic E-state index is 0.184. The second kappa shape index (κ2) is 5.13. The third-order valence-electron chi connectivity index (χ3n) is 3.68. The highest BCUT2D eigenvalue weighted by Gasteiger charge is 2.25. The van der Waals surface area contributed by atoms with Crippen LogP contribution in [0, 0.1) is 13.8 Å². The summed E-state index contributed by atoms with van der Waals surface area (Å²) in [6, 6.07) is 0. The first kappa shape index (κ1) is 14.0. The average molecular weight is 312 g/mol. The number of rotatable bonds is 1. The van der Waals surface area contributed by atoms with Crippen LogP contribution in [0.15, 0.2) is 0 Å². The molecule has 1 saturated heterocycles. The van der Waals surface area contributed by atoms with E-state index in [0.717, 1.165) is 23.3 Å². The minimum Gasteiger partial charge on any atom is -0.372 e. The Balaban J connectivity index is 2.04. The molecule has 0 radical (unpaired) electrons. The molecule has 0 saturated carbocycles.